The molecule has 106 valence electrons. The van der Waals surface area contributed by atoms with Gasteiger partial charge in [0.2, 0.25) is 5.88 Å². The van der Waals surface area contributed by atoms with E-state index < -0.39 is 0 Å². The Kier molecular flexibility index (Phi) is 4.69. The number of rotatable bonds is 5. The number of benzene rings is 1. The minimum Gasteiger partial charge on any atom is -0.481 e. The monoisotopic (exact) mass is 271 g/mol. The van der Waals surface area contributed by atoms with Crippen LogP contribution in [0, 0.1) is 13.8 Å². The third-order valence-corrected chi connectivity index (χ3v) is 3.60. The summed E-state index contributed by atoms with van der Waals surface area (Å²) in [5, 5.41) is 3.35. The number of methoxy groups -OCH3 is 1. The smallest absolute Gasteiger partial charge is 0.216 e. The van der Waals surface area contributed by atoms with Crippen LogP contribution in [0.5, 0.6) is 5.88 Å². The van der Waals surface area contributed by atoms with E-state index in [4.69, 9.17) is 4.74 Å². The number of nitrogens with one attached hydrogen (secondary N) is 1. The molecule has 20 heavy (non-hydrogen) atoms. The average Bonchev–Trinajstić information content (AvgIpc) is 2.48. The number of hydrogen-bond donors (Lipinski definition) is 1. The normalized spacial score (nSPS) is 12.2. The summed E-state index contributed by atoms with van der Waals surface area (Å²) in [6.45, 7) is 4.27. The maximum atomic E-state index is 5.14. The summed E-state index contributed by atoms with van der Waals surface area (Å²) in [4.78, 5) is 8.35. The second-order valence-corrected chi connectivity index (χ2v) is 4.94. The Hall–Kier alpha value is -1.94. The predicted molar refractivity (Wildman–Crippen MR) is 80.0 cm³/mol. The molecule has 0 bridgehead atoms. The van der Waals surface area contributed by atoms with Crippen molar-refractivity contribution in [2.45, 2.75) is 26.3 Å². The molecule has 4 nitrogen and oxygen atoms in total. The highest BCUT2D eigenvalue weighted by Crippen LogP contribution is 2.21. The first-order valence-corrected chi connectivity index (χ1v) is 6.73. The second-order valence-electron chi connectivity index (χ2n) is 4.94. The number of nitrogens with zero attached hydrogens (tertiary/aromatic N) is 2. The van der Waals surface area contributed by atoms with Gasteiger partial charge in [-0.3, -0.25) is 0 Å². The fraction of sp³-hybridized carbons (Fsp3) is 0.375. The zero-order chi connectivity index (χ0) is 14.5. The van der Waals surface area contributed by atoms with Crippen LogP contribution in [0.4, 0.5) is 0 Å². The lowest BCUT2D eigenvalue weighted by molar-refractivity contribution is 0.395. The van der Waals surface area contributed by atoms with Gasteiger partial charge in [0.25, 0.3) is 0 Å². The largest absolute Gasteiger partial charge is 0.481 e. The first-order valence-electron chi connectivity index (χ1n) is 6.73. The fourth-order valence-electron chi connectivity index (χ4n) is 2.18. The van der Waals surface area contributed by atoms with Crippen LogP contribution in [0.3, 0.4) is 0 Å². The number of ether oxygens (including phenoxy) is 1. The van der Waals surface area contributed by atoms with Crippen LogP contribution in [0.1, 0.15) is 28.4 Å². The Morgan fingerprint density at radius 1 is 1.15 bits per heavy atom. The van der Waals surface area contributed by atoms with E-state index >= 15 is 0 Å². The van der Waals surface area contributed by atoms with E-state index in [0.29, 0.717) is 5.88 Å². The first-order chi connectivity index (χ1) is 9.63. The summed E-state index contributed by atoms with van der Waals surface area (Å²) in [5.74, 6) is 0.602. The van der Waals surface area contributed by atoms with Crippen LogP contribution in [0.2, 0.25) is 0 Å². The van der Waals surface area contributed by atoms with Gasteiger partial charge in [0.05, 0.1) is 7.11 Å². The molecular formula is C16H21N3O. The van der Waals surface area contributed by atoms with Crippen molar-refractivity contribution in [3.8, 4) is 5.88 Å². The summed E-state index contributed by atoms with van der Waals surface area (Å²) in [7, 11) is 3.59. The van der Waals surface area contributed by atoms with Gasteiger partial charge in [-0.15, -0.1) is 0 Å². The SMILES string of the molecule is CNC(Cc1cc(OC)ncn1)c1ccc(C)c(C)c1. The van der Waals surface area contributed by atoms with Crippen LogP contribution >= 0.6 is 0 Å². The minimum absolute atomic E-state index is 0.230. The number of aryl methyl sites for hydroxylation is 2. The van der Waals surface area contributed by atoms with Crippen molar-refractivity contribution >= 4 is 0 Å². The van der Waals surface area contributed by atoms with E-state index in [2.05, 4.69) is 47.3 Å². The summed E-state index contributed by atoms with van der Waals surface area (Å²) >= 11 is 0. The van der Waals surface area contributed by atoms with Gasteiger partial charge in [0, 0.05) is 24.2 Å². The number of likely N-dealkylation sites (N-methyl/N-ethyl adjacent to an activating group) is 1. The molecule has 0 spiro atoms. The van der Waals surface area contributed by atoms with Crippen molar-refractivity contribution in [2.24, 2.45) is 0 Å². The van der Waals surface area contributed by atoms with Gasteiger partial charge < -0.3 is 10.1 Å². The Morgan fingerprint density at radius 3 is 2.60 bits per heavy atom. The fourth-order valence-corrected chi connectivity index (χ4v) is 2.18. The summed E-state index contributed by atoms with van der Waals surface area (Å²) in [6.07, 6.45) is 2.35. The zero-order valence-electron chi connectivity index (χ0n) is 12.5. The lowest BCUT2D eigenvalue weighted by Crippen LogP contribution is -2.19. The lowest BCUT2D eigenvalue weighted by Gasteiger charge is -2.17. The van der Waals surface area contributed by atoms with Crippen LogP contribution in [0.25, 0.3) is 0 Å². The molecule has 0 fully saturated rings. The van der Waals surface area contributed by atoms with E-state index in [-0.39, 0.29) is 6.04 Å². The van der Waals surface area contributed by atoms with Crippen LogP contribution in [-0.4, -0.2) is 24.1 Å². The predicted octanol–water partition coefficient (Wildman–Crippen LogP) is 2.61. The third-order valence-electron chi connectivity index (χ3n) is 3.60. The zero-order valence-corrected chi connectivity index (χ0v) is 12.5. The molecule has 2 rings (SSSR count). The van der Waals surface area contributed by atoms with Gasteiger partial charge >= 0.3 is 0 Å². The third kappa shape index (κ3) is 3.33. The molecule has 1 heterocycles. The van der Waals surface area contributed by atoms with E-state index in [9.17, 15) is 0 Å². The molecule has 0 aliphatic heterocycles. The Balaban J connectivity index is 2.21. The molecule has 1 unspecified atom stereocenters. The van der Waals surface area contributed by atoms with Crippen LogP contribution < -0.4 is 10.1 Å². The lowest BCUT2D eigenvalue weighted by atomic mass is 9.98. The highest BCUT2D eigenvalue weighted by atomic mass is 16.5. The Bertz CT molecular complexity index is 584. The summed E-state index contributed by atoms with van der Waals surface area (Å²) in [5.41, 5.74) is 4.86. The van der Waals surface area contributed by atoms with E-state index in [0.717, 1.165) is 12.1 Å². The molecule has 0 amide bonds. The molecule has 0 aliphatic rings. The molecule has 0 radical (unpaired) electrons. The Morgan fingerprint density at radius 2 is 1.95 bits per heavy atom. The van der Waals surface area contributed by atoms with Crippen molar-refractivity contribution in [2.75, 3.05) is 14.2 Å². The van der Waals surface area contributed by atoms with Gasteiger partial charge in [-0.1, -0.05) is 18.2 Å². The molecule has 0 saturated carbocycles. The van der Waals surface area contributed by atoms with Crippen molar-refractivity contribution in [3.05, 3.63) is 53.0 Å². The standard InChI is InChI=1S/C16H21N3O/c1-11-5-6-13(7-12(11)2)15(17-3)8-14-9-16(20-4)19-10-18-14/h5-7,9-10,15,17H,8H2,1-4H3. The highest BCUT2D eigenvalue weighted by molar-refractivity contribution is 5.32. The molecule has 0 aliphatic carbocycles. The average molecular weight is 271 g/mol. The highest BCUT2D eigenvalue weighted by Gasteiger charge is 2.12. The molecule has 1 N–H and O–H groups in total. The maximum absolute atomic E-state index is 5.14. The molecule has 4 heteroatoms. The number of hydrogen-bond acceptors (Lipinski definition) is 4. The Labute approximate surface area is 120 Å². The molecule has 0 saturated heterocycles. The quantitative estimate of drug-likeness (QED) is 0.908. The molecular weight excluding hydrogens is 250 g/mol. The summed E-state index contributed by atoms with van der Waals surface area (Å²) in [6, 6.07) is 8.67. The second kappa shape index (κ2) is 6.48. The van der Waals surface area contributed by atoms with Gasteiger partial charge in [-0.05, 0) is 37.6 Å². The van der Waals surface area contributed by atoms with Crippen LogP contribution in [-0.2, 0) is 6.42 Å². The molecule has 2 aromatic rings. The van der Waals surface area contributed by atoms with Crippen molar-refractivity contribution in [3.63, 3.8) is 0 Å². The van der Waals surface area contributed by atoms with Crippen molar-refractivity contribution in [1.29, 1.82) is 0 Å². The first kappa shape index (κ1) is 14.5. The van der Waals surface area contributed by atoms with E-state index in [1.807, 2.05) is 13.1 Å². The molecule has 1 atom stereocenters. The van der Waals surface area contributed by atoms with E-state index in [1.54, 1.807) is 13.4 Å². The summed E-state index contributed by atoms with van der Waals surface area (Å²) < 4.78 is 5.14. The molecule has 1 aromatic carbocycles. The maximum Gasteiger partial charge on any atom is 0.216 e. The molecule has 1 aromatic heterocycles. The van der Waals surface area contributed by atoms with Crippen molar-refractivity contribution in [1.82, 2.24) is 15.3 Å². The van der Waals surface area contributed by atoms with Gasteiger partial charge in [-0.2, -0.15) is 0 Å². The number of aromatic nitrogens is 2. The van der Waals surface area contributed by atoms with Crippen molar-refractivity contribution < 1.29 is 4.74 Å². The van der Waals surface area contributed by atoms with E-state index in [1.165, 1.54) is 16.7 Å². The van der Waals surface area contributed by atoms with Gasteiger partial charge in [-0.25, -0.2) is 9.97 Å². The van der Waals surface area contributed by atoms with Gasteiger partial charge in [0.1, 0.15) is 6.33 Å². The van der Waals surface area contributed by atoms with Crippen LogP contribution in [0.15, 0.2) is 30.6 Å². The topological polar surface area (TPSA) is 47.0 Å². The van der Waals surface area contributed by atoms with Gasteiger partial charge in [0.15, 0.2) is 0 Å². The minimum atomic E-state index is 0.230.